The SMILES string of the molecule is CC(=O)/C=C(/C)O.C[Si](C)(C)c1cc(-c2ncnc3c2-c2cccnc2OC3)[c-]c2ccccc12.[Ir]. The average Bonchev–Trinajstić information content (AvgIpc) is 2.81. The Labute approximate surface area is 225 Å². The fourth-order valence-corrected chi connectivity index (χ4v) is 5.73. The van der Waals surface area contributed by atoms with Crippen LogP contribution in [-0.2, 0) is 31.5 Å². The van der Waals surface area contributed by atoms with E-state index >= 15 is 0 Å². The Morgan fingerprint density at radius 3 is 2.50 bits per heavy atom. The van der Waals surface area contributed by atoms with Gasteiger partial charge < -0.3 is 9.84 Å². The van der Waals surface area contributed by atoms with Crippen molar-refractivity contribution in [1.29, 1.82) is 0 Å². The molecule has 8 heteroatoms. The third-order valence-electron chi connectivity index (χ3n) is 5.56. The molecule has 2 aromatic carbocycles. The van der Waals surface area contributed by atoms with Crippen molar-refractivity contribution in [2.45, 2.75) is 40.1 Å². The molecule has 1 aliphatic rings. The van der Waals surface area contributed by atoms with Crippen molar-refractivity contribution in [2.75, 3.05) is 0 Å². The number of fused-ring (bicyclic) bond motifs is 4. The molecule has 1 radical (unpaired) electrons. The molecular weight excluding hydrogens is 647 g/mol. The Balaban J connectivity index is 0.000000400. The Bertz CT molecular complexity index is 1440. The molecule has 0 bridgehead atoms. The third kappa shape index (κ3) is 5.95. The zero-order valence-electron chi connectivity index (χ0n) is 20.9. The molecule has 0 atom stereocenters. The van der Waals surface area contributed by atoms with E-state index in [1.54, 1.807) is 12.5 Å². The molecule has 5 rings (SSSR count). The average molecular weight is 675 g/mol. The molecule has 0 spiro atoms. The van der Waals surface area contributed by atoms with E-state index in [1.165, 1.54) is 30.5 Å². The minimum absolute atomic E-state index is 0. The predicted molar refractivity (Wildman–Crippen MR) is 141 cm³/mol. The van der Waals surface area contributed by atoms with E-state index in [4.69, 9.17) is 9.84 Å². The number of rotatable bonds is 3. The maximum atomic E-state index is 10.0. The van der Waals surface area contributed by atoms with Gasteiger partial charge in [-0.2, -0.15) is 0 Å². The van der Waals surface area contributed by atoms with Crippen molar-refractivity contribution in [3.8, 4) is 28.3 Å². The number of hydrogen-bond acceptors (Lipinski definition) is 6. The summed E-state index contributed by atoms with van der Waals surface area (Å²) in [5.74, 6) is 0.574. The van der Waals surface area contributed by atoms with Crippen molar-refractivity contribution < 1.29 is 34.7 Å². The summed E-state index contributed by atoms with van der Waals surface area (Å²) in [5.41, 5.74) is 4.74. The van der Waals surface area contributed by atoms with E-state index < -0.39 is 8.07 Å². The predicted octanol–water partition coefficient (Wildman–Crippen LogP) is 5.63. The smallest absolute Gasteiger partial charge is 0.221 e. The van der Waals surface area contributed by atoms with Crippen LogP contribution in [0.4, 0.5) is 0 Å². The van der Waals surface area contributed by atoms with Gasteiger partial charge in [-0.25, -0.2) is 9.97 Å². The van der Waals surface area contributed by atoms with Crippen molar-refractivity contribution in [2.24, 2.45) is 0 Å². The van der Waals surface area contributed by atoms with Crippen LogP contribution < -0.4 is 9.92 Å². The summed E-state index contributed by atoms with van der Waals surface area (Å²) in [6.07, 6.45) is 4.54. The fourth-order valence-electron chi connectivity index (χ4n) is 4.12. The quantitative estimate of drug-likeness (QED) is 0.131. The monoisotopic (exact) mass is 675 g/mol. The van der Waals surface area contributed by atoms with Crippen LogP contribution in [0.2, 0.25) is 19.6 Å². The van der Waals surface area contributed by atoms with Crippen LogP contribution in [0.3, 0.4) is 0 Å². The zero-order chi connectivity index (χ0) is 25.2. The number of pyridine rings is 1. The Morgan fingerprint density at radius 1 is 1.08 bits per heavy atom. The topological polar surface area (TPSA) is 85.2 Å². The van der Waals surface area contributed by atoms with Crippen LogP contribution in [0.5, 0.6) is 5.88 Å². The molecule has 36 heavy (non-hydrogen) atoms. The molecule has 1 N–H and O–H groups in total. The first-order valence-electron chi connectivity index (χ1n) is 11.4. The summed E-state index contributed by atoms with van der Waals surface area (Å²) >= 11 is 0. The summed E-state index contributed by atoms with van der Waals surface area (Å²) in [7, 11) is -1.57. The number of benzene rings is 2. The van der Waals surface area contributed by atoms with E-state index in [9.17, 15) is 4.79 Å². The number of ether oxygens (including phenoxy) is 1. The van der Waals surface area contributed by atoms with Gasteiger partial charge in [0.2, 0.25) is 5.88 Å². The number of allylic oxidation sites excluding steroid dienone is 2. The van der Waals surface area contributed by atoms with Crippen molar-refractivity contribution >= 4 is 29.8 Å². The summed E-state index contributed by atoms with van der Waals surface area (Å²) < 4.78 is 5.78. The third-order valence-corrected chi connectivity index (χ3v) is 7.59. The molecule has 0 unspecified atom stereocenters. The number of aliphatic hydroxyl groups excluding tert-OH is 1. The molecule has 2 aromatic heterocycles. The van der Waals surface area contributed by atoms with Crippen molar-refractivity contribution in [3.63, 3.8) is 0 Å². The standard InChI is InChI=1S/C23H20N3OSi.C5H8O2.Ir/c1-28(2,3)20-12-16(11-15-7-4-5-8-17(15)20)22-21-18-9-6-10-24-23(18)27-13-19(21)25-14-26-22;1-4(6)3-5(2)7;/h4-10,12,14H,13H2,1-3H3;3,6H,1-2H3;/q-1;;/b;4-3-;. The second kappa shape index (κ2) is 11.2. The second-order valence-electron chi connectivity index (χ2n) is 9.48. The van der Waals surface area contributed by atoms with Gasteiger partial charge in [0.1, 0.15) is 12.9 Å². The molecule has 1 aliphatic heterocycles. The second-order valence-corrected chi connectivity index (χ2v) is 14.5. The van der Waals surface area contributed by atoms with Gasteiger partial charge >= 0.3 is 0 Å². The first-order chi connectivity index (χ1) is 16.6. The number of ketones is 1. The molecular formula is C28H28IrN3O3Si-. The first-order valence-corrected chi connectivity index (χ1v) is 14.9. The number of aromatic nitrogens is 3. The van der Waals surface area contributed by atoms with E-state index in [-0.39, 0.29) is 31.6 Å². The van der Waals surface area contributed by atoms with Gasteiger partial charge in [-0.3, -0.25) is 9.78 Å². The number of hydrogen-bond donors (Lipinski definition) is 1. The maximum Gasteiger partial charge on any atom is 0.221 e. The largest absolute Gasteiger partial charge is 0.512 e. The van der Waals surface area contributed by atoms with Gasteiger partial charge in [0, 0.05) is 49.2 Å². The minimum atomic E-state index is -1.57. The van der Waals surface area contributed by atoms with Crippen molar-refractivity contribution in [1.82, 2.24) is 15.0 Å². The molecule has 0 saturated heterocycles. The van der Waals surface area contributed by atoms with Crippen LogP contribution in [0.1, 0.15) is 19.5 Å². The van der Waals surface area contributed by atoms with Gasteiger partial charge in [0.15, 0.2) is 5.78 Å². The van der Waals surface area contributed by atoms with Gasteiger partial charge in [-0.1, -0.05) is 48.8 Å². The molecule has 0 aliphatic carbocycles. The summed E-state index contributed by atoms with van der Waals surface area (Å²) in [5, 5.41) is 12.2. The van der Waals surface area contributed by atoms with Gasteiger partial charge in [0.25, 0.3) is 0 Å². The van der Waals surface area contributed by atoms with E-state index in [0.29, 0.717) is 12.5 Å². The van der Waals surface area contributed by atoms with Gasteiger partial charge in [0.05, 0.1) is 19.5 Å². The summed E-state index contributed by atoms with van der Waals surface area (Å²) in [6.45, 7) is 10.4. The number of carbonyl (C=O) groups excluding carboxylic acids is 1. The summed E-state index contributed by atoms with van der Waals surface area (Å²) in [4.78, 5) is 23.5. The van der Waals surface area contributed by atoms with Crippen LogP contribution in [0, 0.1) is 6.07 Å². The van der Waals surface area contributed by atoms with Crippen LogP contribution >= 0.6 is 0 Å². The van der Waals surface area contributed by atoms with E-state index in [1.807, 2.05) is 12.1 Å². The molecule has 0 saturated carbocycles. The summed E-state index contributed by atoms with van der Waals surface area (Å²) in [6, 6.07) is 18.3. The van der Waals surface area contributed by atoms with Crippen LogP contribution in [0.25, 0.3) is 33.2 Å². The van der Waals surface area contributed by atoms with Gasteiger partial charge in [-0.05, 0) is 26.0 Å². The Kier molecular flexibility index (Phi) is 8.56. The van der Waals surface area contributed by atoms with Gasteiger partial charge in [-0.15, -0.1) is 28.8 Å². The molecule has 3 heterocycles. The molecule has 0 fully saturated rings. The first kappa shape index (κ1) is 27.4. The minimum Gasteiger partial charge on any atom is -0.512 e. The molecule has 0 amide bonds. The van der Waals surface area contributed by atoms with E-state index in [2.05, 4.69) is 71.0 Å². The maximum absolute atomic E-state index is 10.0. The zero-order valence-corrected chi connectivity index (χ0v) is 24.3. The molecule has 4 aromatic rings. The van der Waals surface area contributed by atoms with Crippen LogP contribution in [-0.4, -0.2) is 33.9 Å². The van der Waals surface area contributed by atoms with Crippen LogP contribution in [0.15, 0.2) is 66.8 Å². The number of nitrogens with zero attached hydrogens (tertiary/aromatic N) is 3. The Morgan fingerprint density at radius 2 is 1.83 bits per heavy atom. The number of carbonyl (C=O) groups is 1. The fraction of sp³-hybridized carbons (Fsp3) is 0.214. The number of aliphatic hydroxyl groups is 1. The normalized spacial score (nSPS) is 12.3. The molecule has 187 valence electrons. The molecule has 6 nitrogen and oxygen atoms in total. The van der Waals surface area contributed by atoms with E-state index in [0.717, 1.165) is 33.5 Å². The van der Waals surface area contributed by atoms with Crippen molar-refractivity contribution in [3.05, 3.63) is 78.6 Å². The Hall–Kier alpha value is -3.19.